The third-order valence-corrected chi connectivity index (χ3v) is 2.84. The van der Waals surface area contributed by atoms with Crippen molar-refractivity contribution < 1.29 is 4.63 Å². The molecule has 2 heterocycles. The van der Waals surface area contributed by atoms with E-state index in [1.54, 1.807) is 12.3 Å². The number of benzene rings is 1. The van der Waals surface area contributed by atoms with E-state index in [1.807, 2.05) is 19.2 Å². The van der Waals surface area contributed by atoms with Gasteiger partial charge in [-0.3, -0.25) is 5.10 Å². The molecular formula is C11H12N6O. The van der Waals surface area contributed by atoms with Gasteiger partial charge in [-0.25, -0.2) is 4.63 Å². The van der Waals surface area contributed by atoms with Crippen LogP contribution in [0.3, 0.4) is 0 Å². The maximum absolute atomic E-state index is 5.79. The summed E-state index contributed by atoms with van der Waals surface area (Å²) in [6.07, 6.45) is 3.61. The molecular weight excluding hydrogens is 232 g/mol. The first-order valence-corrected chi connectivity index (χ1v) is 5.51. The Morgan fingerprint density at radius 1 is 1.33 bits per heavy atom. The van der Waals surface area contributed by atoms with Crippen LogP contribution in [0.25, 0.3) is 11.0 Å². The fourth-order valence-electron chi connectivity index (χ4n) is 1.82. The lowest BCUT2D eigenvalue weighted by Crippen LogP contribution is -2.06. The van der Waals surface area contributed by atoms with Gasteiger partial charge in [-0.2, -0.15) is 5.10 Å². The highest BCUT2D eigenvalue weighted by Crippen LogP contribution is 2.28. The molecule has 1 atom stereocenters. The average molecular weight is 244 g/mol. The van der Waals surface area contributed by atoms with Gasteiger partial charge in [0.05, 0.1) is 23.6 Å². The van der Waals surface area contributed by atoms with Crippen LogP contribution in [0.1, 0.15) is 18.5 Å². The number of hydrogen-bond acceptors (Lipinski definition) is 6. The van der Waals surface area contributed by atoms with Crippen LogP contribution in [0.4, 0.5) is 11.4 Å². The second kappa shape index (κ2) is 4.02. The molecule has 3 aromatic rings. The van der Waals surface area contributed by atoms with Crippen molar-refractivity contribution in [2.75, 3.05) is 11.1 Å². The lowest BCUT2D eigenvalue weighted by molar-refractivity contribution is 0.315. The molecule has 2 aromatic heterocycles. The van der Waals surface area contributed by atoms with Crippen molar-refractivity contribution in [1.29, 1.82) is 0 Å². The second-order valence-electron chi connectivity index (χ2n) is 4.06. The minimum Gasteiger partial charge on any atom is -0.397 e. The summed E-state index contributed by atoms with van der Waals surface area (Å²) in [5.74, 6) is 0. The van der Waals surface area contributed by atoms with Crippen LogP contribution in [0.15, 0.2) is 29.2 Å². The molecule has 7 nitrogen and oxygen atoms in total. The largest absolute Gasteiger partial charge is 0.397 e. The van der Waals surface area contributed by atoms with Crippen LogP contribution in [-0.4, -0.2) is 20.5 Å². The topological polar surface area (TPSA) is 106 Å². The first-order chi connectivity index (χ1) is 8.75. The fourth-order valence-corrected chi connectivity index (χ4v) is 1.82. The second-order valence-corrected chi connectivity index (χ2v) is 4.06. The molecule has 92 valence electrons. The van der Waals surface area contributed by atoms with E-state index < -0.39 is 0 Å². The van der Waals surface area contributed by atoms with Gasteiger partial charge in [0, 0.05) is 11.8 Å². The van der Waals surface area contributed by atoms with Gasteiger partial charge in [-0.15, -0.1) is 0 Å². The summed E-state index contributed by atoms with van der Waals surface area (Å²) in [5, 5.41) is 17.7. The molecule has 0 aliphatic rings. The van der Waals surface area contributed by atoms with Crippen LogP contribution in [0.2, 0.25) is 0 Å². The molecule has 0 aliphatic heterocycles. The van der Waals surface area contributed by atoms with Gasteiger partial charge in [-0.05, 0) is 29.4 Å². The van der Waals surface area contributed by atoms with E-state index in [0.717, 1.165) is 11.3 Å². The van der Waals surface area contributed by atoms with Crippen LogP contribution >= 0.6 is 0 Å². The number of fused-ring (bicyclic) bond motifs is 1. The maximum atomic E-state index is 5.79. The standard InChI is InChI=1S/C11H12N6O/c1-6(7-4-13-14-5-7)15-9-3-2-8(12)10-11(9)17-18-16-10/h2-6,15H,12H2,1H3,(H,13,14). The SMILES string of the molecule is CC(Nc1ccc(N)c2nonc12)c1cn[nH]c1. The van der Waals surface area contributed by atoms with Crippen molar-refractivity contribution in [3.63, 3.8) is 0 Å². The predicted octanol–water partition coefficient (Wildman–Crippen LogP) is 1.70. The number of nitrogen functional groups attached to an aromatic ring is 1. The van der Waals surface area contributed by atoms with Gasteiger partial charge in [0.2, 0.25) is 0 Å². The Morgan fingerprint density at radius 2 is 2.17 bits per heavy atom. The van der Waals surface area contributed by atoms with Gasteiger partial charge in [0.25, 0.3) is 0 Å². The average Bonchev–Trinajstić information content (AvgIpc) is 3.01. The van der Waals surface area contributed by atoms with E-state index in [2.05, 4.69) is 25.8 Å². The van der Waals surface area contributed by atoms with Crippen LogP contribution in [0, 0.1) is 0 Å². The third kappa shape index (κ3) is 1.65. The summed E-state index contributed by atoms with van der Waals surface area (Å²) in [4.78, 5) is 0. The Balaban J connectivity index is 1.96. The molecule has 7 heteroatoms. The number of aromatic nitrogens is 4. The van der Waals surface area contributed by atoms with E-state index in [4.69, 9.17) is 10.4 Å². The van der Waals surface area contributed by atoms with E-state index in [-0.39, 0.29) is 6.04 Å². The number of nitrogens with one attached hydrogen (secondary N) is 2. The van der Waals surface area contributed by atoms with Crippen molar-refractivity contribution in [3.8, 4) is 0 Å². The van der Waals surface area contributed by atoms with Gasteiger partial charge in [-0.1, -0.05) is 0 Å². The van der Waals surface area contributed by atoms with E-state index in [0.29, 0.717) is 16.7 Å². The van der Waals surface area contributed by atoms with Gasteiger partial charge in [0.1, 0.15) is 0 Å². The predicted molar refractivity (Wildman–Crippen MR) is 66.8 cm³/mol. The number of aromatic amines is 1. The molecule has 1 aromatic carbocycles. The highest BCUT2D eigenvalue weighted by Gasteiger charge is 2.13. The minimum absolute atomic E-state index is 0.0901. The molecule has 0 radical (unpaired) electrons. The van der Waals surface area contributed by atoms with Crippen molar-refractivity contribution in [1.82, 2.24) is 20.5 Å². The third-order valence-electron chi connectivity index (χ3n) is 2.84. The minimum atomic E-state index is 0.0901. The summed E-state index contributed by atoms with van der Waals surface area (Å²) in [5.41, 5.74) is 9.42. The van der Waals surface area contributed by atoms with Crippen molar-refractivity contribution in [3.05, 3.63) is 30.1 Å². The van der Waals surface area contributed by atoms with Gasteiger partial charge < -0.3 is 11.1 Å². The number of anilines is 2. The van der Waals surface area contributed by atoms with E-state index in [9.17, 15) is 0 Å². The molecule has 1 unspecified atom stereocenters. The number of nitrogens with two attached hydrogens (primary N) is 1. The van der Waals surface area contributed by atoms with Crippen LogP contribution in [-0.2, 0) is 0 Å². The Morgan fingerprint density at radius 3 is 2.94 bits per heavy atom. The number of rotatable bonds is 3. The monoisotopic (exact) mass is 244 g/mol. The summed E-state index contributed by atoms with van der Waals surface area (Å²) in [7, 11) is 0. The van der Waals surface area contributed by atoms with Crippen molar-refractivity contribution >= 4 is 22.4 Å². The molecule has 0 aliphatic carbocycles. The summed E-state index contributed by atoms with van der Waals surface area (Å²) < 4.78 is 4.72. The number of H-pyrrole nitrogens is 1. The lowest BCUT2D eigenvalue weighted by atomic mass is 10.1. The van der Waals surface area contributed by atoms with Crippen molar-refractivity contribution in [2.45, 2.75) is 13.0 Å². The molecule has 0 saturated heterocycles. The first kappa shape index (κ1) is 10.6. The van der Waals surface area contributed by atoms with Gasteiger partial charge in [0.15, 0.2) is 11.0 Å². The lowest BCUT2D eigenvalue weighted by Gasteiger charge is -2.13. The summed E-state index contributed by atoms with van der Waals surface area (Å²) in [6.45, 7) is 2.03. The molecule has 0 fully saturated rings. The van der Waals surface area contributed by atoms with Crippen LogP contribution < -0.4 is 11.1 Å². The Bertz CT molecular complexity index is 659. The molecule has 0 spiro atoms. The van der Waals surface area contributed by atoms with Crippen LogP contribution in [0.5, 0.6) is 0 Å². The molecule has 0 bridgehead atoms. The molecule has 4 N–H and O–H groups in total. The molecule has 0 amide bonds. The number of nitrogens with zero attached hydrogens (tertiary/aromatic N) is 3. The highest BCUT2D eigenvalue weighted by molar-refractivity contribution is 5.95. The molecule has 3 rings (SSSR count). The molecule has 0 saturated carbocycles. The normalized spacial score (nSPS) is 12.7. The maximum Gasteiger partial charge on any atom is 0.160 e. The van der Waals surface area contributed by atoms with Crippen molar-refractivity contribution in [2.24, 2.45) is 0 Å². The Labute approximate surface area is 102 Å². The summed E-state index contributed by atoms with van der Waals surface area (Å²) >= 11 is 0. The first-order valence-electron chi connectivity index (χ1n) is 5.51. The van der Waals surface area contributed by atoms with E-state index >= 15 is 0 Å². The fraction of sp³-hybridized carbons (Fsp3) is 0.182. The quantitative estimate of drug-likeness (QED) is 0.605. The van der Waals surface area contributed by atoms with E-state index in [1.165, 1.54) is 0 Å². The smallest absolute Gasteiger partial charge is 0.160 e. The Kier molecular flexibility index (Phi) is 2.36. The zero-order valence-electron chi connectivity index (χ0n) is 9.71. The number of hydrogen-bond donors (Lipinski definition) is 3. The zero-order chi connectivity index (χ0) is 12.5. The highest BCUT2D eigenvalue weighted by atomic mass is 16.6. The molecule has 18 heavy (non-hydrogen) atoms. The van der Waals surface area contributed by atoms with Gasteiger partial charge >= 0.3 is 0 Å². The summed E-state index contributed by atoms with van der Waals surface area (Å²) in [6, 6.07) is 3.72. The zero-order valence-corrected chi connectivity index (χ0v) is 9.71. The Hall–Kier alpha value is -2.57.